The Morgan fingerprint density at radius 1 is 1.14 bits per heavy atom. The standard InChI is InChI=1S/C20H18F2N2O4/c1-11-20(27)24(2)16-9-12(3-7-18(16)28-11)17(25)6-8-19(26)23-15-10-13(21)4-5-14(15)22/h3-5,7,9-11H,6,8H2,1-2H3,(H,23,26). The van der Waals surface area contributed by atoms with Crippen LogP contribution in [-0.4, -0.2) is 30.7 Å². The van der Waals surface area contributed by atoms with Gasteiger partial charge in [-0.25, -0.2) is 8.78 Å². The monoisotopic (exact) mass is 388 g/mol. The molecule has 0 spiro atoms. The van der Waals surface area contributed by atoms with Crippen LogP contribution < -0.4 is 15.0 Å². The molecule has 2 aromatic carbocycles. The predicted molar refractivity (Wildman–Crippen MR) is 98.5 cm³/mol. The Morgan fingerprint density at radius 3 is 2.64 bits per heavy atom. The zero-order valence-electron chi connectivity index (χ0n) is 15.3. The van der Waals surface area contributed by atoms with Crippen molar-refractivity contribution in [2.45, 2.75) is 25.9 Å². The SMILES string of the molecule is CC1Oc2ccc(C(=O)CCC(=O)Nc3cc(F)ccc3F)cc2N(C)C1=O. The van der Waals surface area contributed by atoms with E-state index in [-0.39, 0.29) is 30.2 Å². The highest BCUT2D eigenvalue weighted by atomic mass is 19.1. The van der Waals surface area contributed by atoms with Crippen LogP contribution in [0.15, 0.2) is 36.4 Å². The van der Waals surface area contributed by atoms with Crippen LogP contribution in [0, 0.1) is 11.6 Å². The molecule has 146 valence electrons. The molecule has 2 amide bonds. The van der Waals surface area contributed by atoms with Crippen LogP contribution in [0.5, 0.6) is 5.75 Å². The summed E-state index contributed by atoms with van der Waals surface area (Å²) in [6.45, 7) is 1.64. The van der Waals surface area contributed by atoms with E-state index < -0.39 is 23.6 Å². The number of benzene rings is 2. The molecule has 0 radical (unpaired) electrons. The van der Waals surface area contributed by atoms with Crippen molar-refractivity contribution < 1.29 is 27.9 Å². The number of nitrogens with zero attached hydrogens (tertiary/aromatic N) is 1. The highest BCUT2D eigenvalue weighted by Gasteiger charge is 2.29. The number of hydrogen-bond donors (Lipinski definition) is 1. The van der Waals surface area contributed by atoms with Crippen molar-refractivity contribution in [1.29, 1.82) is 0 Å². The molecule has 1 heterocycles. The lowest BCUT2D eigenvalue weighted by Crippen LogP contribution is -2.42. The molecule has 0 saturated carbocycles. The third-order valence-electron chi connectivity index (χ3n) is 4.41. The molecule has 0 aromatic heterocycles. The quantitative estimate of drug-likeness (QED) is 0.798. The number of nitrogens with one attached hydrogen (secondary N) is 1. The van der Waals surface area contributed by atoms with Crippen molar-refractivity contribution in [3.05, 3.63) is 53.6 Å². The Bertz CT molecular complexity index is 961. The average Bonchev–Trinajstić information content (AvgIpc) is 2.67. The van der Waals surface area contributed by atoms with E-state index in [9.17, 15) is 23.2 Å². The number of ketones is 1. The van der Waals surface area contributed by atoms with E-state index in [0.29, 0.717) is 17.0 Å². The first-order chi connectivity index (χ1) is 13.3. The molecule has 28 heavy (non-hydrogen) atoms. The van der Waals surface area contributed by atoms with Gasteiger partial charge in [-0.3, -0.25) is 14.4 Å². The molecule has 2 aromatic rings. The Morgan fingerprint density at radius 2 is 1.89 bits per heavy atom. The summed E-state index contributed by atoms with van der Waals surface area (Å²) in [6, 6.07) is 7.41. The fourth-order valence-electron chi connectivity index (χ4n) is 2.86. The van der Waals surface area contributed by atoms with Gasteiger partial charge in [0.2, 0.25) is 5.91 Å². The van der Waals surface area contributed by atoms with E-state index in [0.717, 1.165) is 18.2 Å². The molecule has 0 saturated heterocycles. The minimum Gasteiger partial charge on any atom is -0.479 e. The van der Waals surface area contributed by atoms with Crippen LogP contribution in [0.25, 0.3) is 0 Å². The topological polar surface area (TPSA) is 75.7 Å². The fourth-order valence-corrected chi connectivity index (χ4v) is 2.86. The molecule has 1 unspecified atom stereocenters. The predicted octanol–water partition coefficient (Wildman–Crippen LogP) is 3.31. The summed E-state index contributed by atoms with van der Waals surface area (Å²) >= 11 is 0. The van der Waals surface area contributed by atoms with Gasteiger partial charge < -0.3 is 15.0 Å². The number of halogens is 2. The number of rotatable bonds is 5. The second kappa shape index (κ2) is 7.75. The van der Waals surface area contributed by atoms with Gasteiger partial charge in [0.15, 0.2) is 11.9 Å². The minimum absolute atomic E-state index is 0.128. The second-order valence-corrected chi connectivity index (χ2v) is 6.44. The molecular weight excluding hydrogens is 370 g/mol. The van der Waals surface area contributed by atoms with Gasteiger partial charge >= 0.3 is 0 Å². The first-order valence-corrected chi connectivity index (χ1v) is 8.62. The average molecular weight is 388 g/mol. The van der Waals surface area contributed by atoms with Crippen LogP contribution in [-0.2, 0) is 9.59 Å². The van der Waals surface area contributed by atoms with Gasteiger partial charge in [0.05, 0.1) is 11.4 Å². The van der Waals surface area contributed by atoms with E-state index in [4.69, 9.17) is 4.74 Å². The Hall–Kier alpha value is -3.29. The molecule has 0 aliphatic carbocycles. The third kappa shape index (κ3) is 4.00. The van der Waals surface area contributed by atoms with E-state index in [1.807, 2.05) is 0 Å². The van der Waals surface area contributed by atoms with Crippen molar-refractivity contribution in [3.8, 4) is 5.75 Å². The fraction of sp³-hybridized carbons (Fsp3) is 0.250. The van der Waals surface area contributed by atoms with Gasteiger partial charge in [-0.1, -0.05) is 0 Å². The number of anilines is 2. The molecule has 1 aliphatic heterocycles. The van der Waals surface area contributed by atoms with Crippen molar-refractivity contribution in [3.63, 3.8) is 0 Å². The molecule has 1 aliphatic rings. The second-order valence-electron chi connectivity index (χ2n) is 6.44. The smallest absolute Gasteiger partial charge is 0.267 e. The summed E-state index contributed by atoms with van der Waals surface area (Å²) < 4.78 is 32.2. The first-order valence-electron chi connectivity index (χ1n) is 8.62. The largest absolute Gasteiger partial charge is 0.479 e. The van der Waals surface area contributed by atoms with Crippen molar-refractivity contribution >= 4 is 29.0 Å². The van der Waals surface area contributed by atoms with Crippen LogP contribution in [0.2, 0.25) is 0 Å². The summed E-state index contributed by atoms with van der Waals surface area (Å²) in [6.07, 6.45) is -0.934. The lowest BCUT2D eigenvalue weighted by molar-refractivity contribution is -0.125. The highest BCUT2D eigenvalue weighted by molar-refractivity contribution is 6.04. The number of Topliss-reactive ketones (excluding diaryl/α,β-unsaturated/α-hetero) is 1. The lowest BCUT2D eigenvalue weighted by atomic mass is 10.0. The van der Waals surface area contributed by atoms with E-state index >= 15 is 0 Å². The number of fused-ring (bicyclic) bond motifs is 1. The number of carbonyl (C=O) groups excluding carboxylic acids is 3. The number of amides is 2. The van der Waals surface area contributed by atoms with E-state index in [2.05, 4.69) is 5.32 Å². The first kappa shape index (κ1) is 19.5. The molecule has 1 atom stereocenters. The van der Waals surface area contributed by atoms with E-state index in [1.165, 1.54) is 11.0 Å². The molecule has 0 bridgehead atoms. The molecule has 0 fully saturated rings. The summed E-state index contributed by atoms with van der Waals surface area (Å²) in [5, 5.41) is 2.25. The molecular formula is C20H18F2N2O4. The summed E-state index contributed by atoms with van der Waals surface area (Å²) in [5.41, 5.74) is 0.513. The molecule has 6 nitrogen and oxygen atoms in total. The van der Waals surface area contributed by atoms with E-state index in [1.54, 1.807) is 26.1 Å². The summed E-state index contributed by atoms with van der Waals surface area (Å²) in [7, 11) is 1.59. The number of likely N-dealkylation sites (N-methyl/N-ethyl adjacent to an activating group) is 1. The molecule has 8 heteroatoms. The van der Waals surface area contributed by atoms with Gasteiger partial charge in [0.1, 0.15) is 17.4 Å². The van der Waals surface area contributed by atoms with Crippen molar-refractivity contribution in [2.75, 3.05) is 17.3 Å². The maximum absolute atomic E-state index is 13.6. The van der Waals surface area contributed by atoms with Crippen LogP contribution in [0.1, 0.15) is 30.1 Å². The van der Waals surface area contributed by atoms with Crippen LogP contribution >= 0.6 is 0 Å². The van der Waals surface area contributed by atoms with Crippen molar-refractivity contribution in [2.24, 2.45) is 0 Å². The molecule has 1 N–H and O–H groups in total. The zero-order valence-corrected chi connectivity index (χ0v) is 15.3. The minimum atomic E-state index is -0.766. The van der Waals surface area contributed by atoms with Gasteiger partial charge in [-0.2, -0.15) is 0 Å². The Kier molecular flexibility index (Phi) is 5.39. The van der Waals surface area contributed by atoms with Gasteiger partial charge in [0.25, 0.3) is 5.91 Å². The van der Waals surface area contributed by atoms with Crippen LogP contribution in [0.4, 0.5) is 20.2 Å². The normalized spacial score (nSPS) is 15.6. The van der Waals surface area contributed by atoms with Gasteiger partial charge in [0, 0.05) is 31.5 Å². The lowest BCUT2D eigenvalue weighted by Gasteiger charge is -2.30. The van der Waals surface area contributed by atoms with Crippen molar-refractivity contribution in [1.82, 2.24) is 0 Å². The zero-order chi connectivity index (χ0) is 20.4. The number of carbonyl (C=O) groups is 3. The Labute approximate surface area is 160 Å². The Balaban J connectivity index is 1.65. The highest BCUT2D eigenvalue weighted by Crippen LogP contribution is 2.34. The summed E-state index contributed by atoms with van der Waals surface area (Å²) in [5.74, 6) is -2.12. The number of ether oxygens (including phenoxy) is 1. The summed E-state index contributed by atoms with van der Waals surface area (Å²) in [4.78, 5) is 37.8. The molecule has 3 rings (SSSR count). The van der Waals surface area contributed by atoms with Crippen LogP contribution in [0.3, 0.4) is 0 Å². The van der Waals surface area contributed by atoms with Gasteiger partial charge in [-0.05, 0) is 37.3 Å². The maximum atomic E-state index is 13.6. The third-order valence-corrected chi connectivity index (χ3v) is 4.41. The van der Waals surface area contributed by atoms with Gasteiger partial charge in [-0.15, -0.1) is 0 Å². The number of hydrogen-bond acceptors (Lipinski definition) is 4. The maximum Gasteiger partial charge on any atom is 0.267 e.